The van der Waals surface area contributed by atoms with Crippen molar-refractivity contribution in [2.75, 3.05) is 31.6 Å². The van der Waals surface area contributed by atoms with Crippen LogP contribution in [-0.4, -0.2) is 69.5 Å². The molecule has 11 nitrogen and oxygen atoms in total. The summed E-state index contributed by atoms with van der Waals surface area (Å²) in [6.07, 6.45) is 2.92. The predicted molar refractivity (Wildman–Crippen MR) is 128 cm³/mol. The van der Waals surface area contributed by atoms with Gasteiger partial charge in [-0.2, -0.15) is 10.4 Å². The molecule has 186 valence electrons. The van der Waals surface area contributed by atoms with Gasteiger partial charge in [-0.3, -0.25) is 23.9 Å². The number of nitriles is 1. The molecule has 1 aromatic carbocycles. The first kappa shape index (κ1) is 23.5. The van der Waals surface area contributed by atoms with Crippen LogP contribution < -0.4 is 10.6 Å². The Balaban J connectivity index is 1.33. The van der Waals surface area contributed by atoms with Crippen LogP contribution >= 0.6 is 0 Å². The van der Waals surface area contributed by atoms with Crippen molar-refractivity contribution in [3.05, 3.63) is 35.5 Å². The smallest absolute Gasteiger partial charge is 0.273 e. The molecule has 2 aromatic rings. The zero-order chi connectivity index (χ0) is 25.4. The molecule has 2 aliphatic heterocycles. The summed E-state index contributed by atoms with van der Waals surface area (Å²) in [5.74, 6) is -0.703. The number of carbonyl (C=O) groups excluding carboxylic acids is 4. The average Bonchev–Trinajstić information content (AvgIpc) is 3.50. The van der Waals surface area contributed by atoms with Crippen LogP contribution in [-0.2, 0) is 14.4 Å². The van der Waals surface area contributed by atoms with Gasteiger partial charge in [-0.15, -0.1) is 0 Å². The van der Waals surface area contributed by atoms with Gasteiger partial charge in [0.1, 0.15) is 5.69 Å². The van der Waals surface area contributed by atoms with Crippen LogP contribution in [0.4, 0.5) is 5.69 Å². The minimum atomic E-state index is -0.306. The second-order valence-electron chi connectivity index (χ2n) is 9.55. The summed E-state index contributed by atoms with van der Waals surface area (Å²) in [7, 11) is 0. The number of amides is 4. The van der Waals surface area contributed by atoms with E-state index in [2.05, 4.69) is 21.8 Å². The van der Waals surface area contributed by atoms with Crippen LogP contribution in [0, 0.1) is 17.2 Å². The fourth-order valence-electron chi connectivity index (χ4n) is 4.60. The van der Waals surface area contributed by atoms with Gasteiger partial charge in [-0.25, -0.2) is 0 Å². The van der Waals surface area contributed by atoms with Crippen LogP contribution in [0.25, 0.3) is 11.3 Å². The molecule has 4 amide bonds. The summed E-state index contributed by atoms with van der Waals surface area (Å²) in [5.41, 5.74) is 2.41. The van der Waals surface area contributed by atoms with Gasteiger partial charge in [0.05, 0.1) is 42.3 Å². The van der Waals surface area contributed by atoms with Gasteiger partial charge < -0.3 is 20.4 Å². The van der Waals surface area contributed by atoms with Gasteiger partial charge in [-0.1, -0.05) is 0 Å². The third-order valence-corrected chi connectivity index (χ3v) is 6.75. The van der Waals surface area contributed by atoms with E-state index in [-0.39, 0.29) is 48.8 Å². The minimum absolute atomic E-state index is 0.00671. The summed E-state index contributed by atoms with van der Waals surface area (Å²) in [5, 5.41) is 19.6. The zero-order valence-electron chi connectivity index (χ0n) is 20.0. The lowest BCUT2D eigenvalue weighted by molar-refractivity contribution is -0.133. The highest BCUT2D eigenvalue weighted by Crippen LogP contribution is 2.34. The van der Waals surface area contributed by atoms with E-state index in [0.29, 0.717) is 47.7 Å². The van der Waals surface area contributed by atoms with Gasteiger partial charge in [0.15, 0.2) is 0 Å². The van der Waals surface area contributed by atoms with Gasteiger partial charge in [-0.05, 0) is 50.5 Å². The largest absolute Gasteiger partial charge is 0.337 e. The maximum absolute atomic E-state index is 13.2. The van der Waals surface area contributed by atoms with Crippen LogP contribution in [0.5, 0.6) is 0 Å². The predicted octanol–water partition coefficient (Wildman–Crippen LogP) is 1.48. The summed E-state index contributed by atoms with van der Waals surface area (Å²) < 4.78 is 1.66. The third kappa shape index (κ3) is 4.66. The Morgan fingerprint density at radius 3 is 2.69 bits per heavy atom. The van der Waals surface area contributed by atoms with Crippen molar-refractivity contribution in [3.8, 4) is 17.3 Å². The molecule has 36 heavy (non-hydrogen) atoms. The summed E-state index contributed by atoms with van der Waals surface area (Å²) >= 11 is 0. The van der Waals surface area contributed by atoms with E-state index >= 15 is 0 Å². The minimum Gasteiger partial charge on any atom is -0.337 e. The third-order valence-electron chi connectivity index (χ3n) is 6.75. The first-order valence-corrected chi connectivity index (χ1v) is 12.1. The van der Waals surface area contributed by atoms with E-state index < -0.39 is 0 Å². The van der Waals surface area contributed by atoms with Crippen LogP contribution in [0.3, 0.4) is 0 Å². The Morgan fingerprint density at radius 1 is 1.19 bits per heavy atom. The van der Waals surface area contributed by atoms with Gasteiger partial charge >= 0.3 is 0 Å². The van der Waals surface area contributed by atoms with Crippen LogP contribution in [0.2, 0.25) is 0 Å². The highest BCUT2D eigenvalue weighted by Gasteiger charge is 2.33. The van der Waals surface area contributed by atoms with E-state index in [0.717, 1.165) is 19.3 Å². The standard InChI is InChI=1S/C25H27N7O4/c1-15-12-31(14-27-22(33)13-30-8-2-3-23(30)34)25(36)21-10-20(29-32(15)21)18-7-4-16(11-26)9-19(18)28-24(35)17-5-6-17/h4,7,9-10,15,17H,2-3,5-6,8,12-14H2,1H3,(H,27,33)(H,28,35)/t15-/m0/s1. The molecule has 3 aliphatic rings. The maximum Gasteiger partial charge on any atom is 0.273 e. The van der Waals surface area contributed by atoms with Crippen molar-refractivity contribution in [1.29, 1.82) is 5.26 Å². The quantitative estimate of drug-likeness (QED) is 0.604. The SMILES string of the molecule is C[C@H]1CN(CNC(=O)CN2CCCC2=O)C(=O)c2cc(-c3ccc(C#N)cc3NC(=O)C3CC3)nn21. The number of nitrogens with zero attached hydrogens (tertiary/aromatic N) is 5. The molecule has 2 N–H and O–H groups in total. The number of carbonyl (C=O) groups is 4. The second kappa shape index (κ2) is 9.45. The Hall–Kier alpha value is -4.20. The first-order chi connectivity index (χ1) is 17.3. The number of anilines is 1. The number of hydrogen-bond donors (Lipinski definition) is 2. The number of hydrogen-bond acceptors (Lipinski definition) is 6. The van der Waals surface area contributed by atoms with Crippen molar-refractivity contribution in [1.82, 2.24) is 24.9 Å². The molecule has 1 atom stereocenters. The number of rotatable bonds is 7. The molecule has 1 aromatic heterocycles. The second-order valence-corrected chi connectivity index (χ2v) is 9.55. The van der Waals surface area contributed by atoms with E-state index in [1.54, 1.807) is 33.8 Å². The lowest BCUT2D eigenvalue weighted by Gasteiger charge is -2.31. The fraction of sp³-hybridized carbons (Fsp3) is 0.440. The summed E-state index contributed by atoms with van der Waals surface area (Å²) in [4.78, 5) is 52.8. The summed E-state index contributed by atoms with van der Waals surface area (Å²) in [6, 6.07) is 8.60. The molecule has 0 unspecified atom stereocenters. The molecule has 1 aliphatic carbocycles. The molecule has 0 bridgehead atoms. The van der Waals surface area contributed by atoms with Gasteiger partial charge in [0, 0.05) is 31.0 Å². The van der Waals surface area contributed by atoms with E-state index in [1.165, 1.54) is 4.90 Å². The lowest BCUT2D eigenvalue weighted by atomic mass is 10.1. The molecule has 11 heteroatoms. The molecular formula is C25H27N7O4. The monoisotopic (exact) mass is 489 g/mol. The Kier molecular flexibility index (Phi) is 6.18. The number of aromatic nitrogens is 2. The summed E-state index contributed by atoms with van der Waals surface area (Å²) in [6.45, 7) is 2.89. The van der Waals surface area contributed by atoms with Crippen LogP contribution in [0.15, 0.2) is 24.3 Å². The topological polar surface area (TPSA) is 140 Å². The number of fused-ring (bicyclic) bond motifs is 1. The Morgan fingerprint density at radius 2 is 2.00 bits per heavy atom. The van der Waals surface area contributed by atoms with Crippen molar-refractivity contribution in [2.45, 2.75) is 38.6 Å². The van der Waals surface area contributed by atoms with Gasteiger partial charge in [0.2, 0.25) is 17.7 Å². The van der Waals surface area contributed by atoms with Crippen LogP contribution in [0.1, 0.15) is 54.7 Å². The van der Waals surface area contributed by atoms with E-state index in [9.17, 15) is 24.4 Å². The highest BCUT2D eigenvalue weighted by atomic mass is 16.2. The Bertz CT molecular complexity index is 1290. The fourth-order valence-corrected chi connectivity index (χ4v) is 4.60. The normalized spacial score (nSPS) is 19.2. The number of benzene rings is 1. The lowest BCUT2D eigenvalue weighted by Crippen LogP contribution is -2.49. The number of nitrogens with one attached hydrogen (secondary N) is 2. The van der Waals surface area contributed by atoms with E-state index in [1.807, 2.05) is 6.92 Å². The molecule has 1 saturated heterocycles. The molecule has 3 heterocycles. The number of likely N-dealkylation sites (tertiary alicyclic amines) is 1. The van der Waals surface area contributed by atoms with Crippen molar-refractivity contribution in [2.24, 2.45) is 5.92 Å². The van der Waals surface area contributed by atoms with Crippen molar-refractivity contribution < 1.29 is 19.2 Å². The molecule has 5 rings (SSSR count). The van der Waals surface area contributed by atoms with Crippen molar-refractivity contribution >= 4 is 29.3 Å². The van der Waals surface area contributed by atoms with Gasteiger partial charge in [0.25, 0.3) is 5.91 Å². The Labute approximate surface area is 208 Å². The molecule has 1 saturated carbocycles. The maximum atomic E-state index is 13.2. The average molecular weight is 490 g/mol. The van der Waals surface area contributed by atoms with Crippen molar-refractivity contribution in [3.63, 3.8) is 0 Å². The molecule has 0 radical (unpaired) electrons. The zero-order valence-corrected chi connectivity index (χ0v) is 20.0. The highest BCUT2D eigenvalue weighted by molar-refractivity contribution is 5.99. The first-order valence-electron chi connectivity index (χ1n) is 12.1. The molecular weight excluding hydrogens is 462 g/mol. The molecule has 0 spiro atoms. The molecule has 2 fully saturated rings. The van der Waals surface area contributed by atoms with E-state index in [4.69, 9.17) is 0 Å².